The Hall–Kier alpha value is -2.14. The van der Waals surface area contributed by atoms with Crippen molar-refractivity contribution < 1.29 is 99.4 Å². The van der Waals surface area contributed by atoms with Crippen LogP contribution in [0, 0.1) is 84.7 Å². The maximum Gasteiger partial charge on any atom is 0.331 e. The minimum absolute atomic E-state index is 0. The average Bonchev–Trinajstić information content (AvgIpc) is 1.43. The maximum absolute atomic E-state index is 12.8. The smallest absolute Gasteiger partial charge is 0.331 e. The number of carbonyl (C=O) groups excluding carboxylic acids is 1. The van der Waals surface area contributed by atoms with Gasteiger partial charge in [0.1, 0.15) is 36.1 Å². The van der Waals surface area contributed by atoms with E-state index in [1.165, 1.54) is 12.0 Å². The average molecular weight is 1280 g/mol. The van der Waals surface area contributed by atoms with Crippen molar-refractivity contribution in [1.82, 2.24) is 0 Å². The van der Waals surface area contributed by atoms with Gasteiger partial charge in [-0.3, -0.25) is 9.53 Å². The van der Waals surface area contributed by atoms with Gasteiger partial charge in [-0.2, -0.15) is 0 Å². The molecule has 7 N–H and O–H groups in total. The molecule has 14 aliphatic rings. The summed E-state index contributed by atoms with van der Waals surface area (Å²) in [7, 11) is 0. The molecule has 13 unspecified atom stereocenters. The Kier molecular flexibility index (Phi) is 17.3. The lowest BCUT2D eigenvalue weighted by molar-refractivity contribution is -0.437. The zero-order valence-corrected chi connectivity index (χ0v) is 55.6. The van der Waals surface area contributed by atoms with Crippen molar-refractivity contribution in [3.8, 4) is 0 Å². The highest BCUT2D eigenvalue weighted by Gasteiger charge is 2.88. The van der Waals surface area contributed by atoms with Crippen LogP contribution in [-0.2, 0) is 52.2 Å². The lowest BCUT2D eigenvalue weighted by Gasteiger charge is -2.74. The second-order valence-electron chi connectivity index (χ2n) is 33.7. The molecular weight excluding hydrogens is 1150 g/mol. The molecule has 2 spiro atoms. The molecule has 526 valence electrons. The summed E-state index contributed by atoms with van der Waals surface area (Å²) in [6, 6.07) is 0. The first-order valence-corrected chi connectivity index (χ1v) is 34.9. The molecule has 0 aromatic carbocycles. The number of carboxylic acids is 1. The van der Waals surface area contributed by atoms with Crippen molar-refractivity contribution in [2.75, 3.05) is 6.61 Å². The van der Waals surface area contributed by atoms with E-state index < -0.39 is 91.7 Å². The van der Waals surface area contributed by atoms with E-state index in [1.54, 1.807) is 26.8 Å². The van der Waals surface area contributed by atoms with Gasteiger partial charge in [0.15, 0.2) is 18.9 Å². The van der Waals surface area contributed by atoms with Gasteiger partial charge >= 0.3 is 11.9 Å². The van der Waals surface area contributed by atoms with Gasteiger partial charge in [-0.1, -0.05) is 88.3 Å². The number of aliphatic hydroxyl groups excluding tert-OH is 6. The zero-order valence-electron chi connectivity index (χ0n) is 55.6. The summed E-state index contributed by atoms with van der Waals surface area (Å²) in [5.74, 6) is 1.60. The van der Waals surface area contributed by atoms with Crippen LogP contribution < -0.4 is 0 Å². The van der Waals surface area contributed by atoms with Crippen LogP contribution in [0.3, 0.4) is 0 Å². The van der Waals surface area contributed by atoms with E-state index in [4.69, 9.17) is 42.6 Å². The fourth-order valence-electron chi connectivity index (χ4n) is 24.0. The third-order valence-corrected chi connectivity index (χ3v) is 30.3. The van der Waals surface area contributed by atoms with E-state index in [9.17, 15) is 45.3 Å². The Morgan fingerprint density at radius 3 is 2.00 bits per heavy atom. The molecule has 0 amide bonds. The third-order valence-electron chi connectivity index (χ3n) is 30.3. The first-order valence-electron chi connectivity index (χ1n) is 34.9. The van der Waals surface area contributed by atoms with Crippen LogP contribution in [0.4, 0.5) is 0 Å². The molecule has 31 atom stereocenters. The number of carboxylic acid groups (broad SMARTS) is 1. The van der Waals surface area contributed by atoms with Crippen molar-refractivity contribution in [2.24, 2.45) is 84.7 Å². The fourth-order valence-corrected chi connectivity index (χ4v) is 24.0. The van der Waals surface area contributed by atoms with Crippen LogP contribution in [0.1, 0.15) is 231 Å². The first-order chi connectivity index (χ1) is 41.7. The van der Waals surface area contributed by atoms with Gasteiger partial charge in [0.25, 0.3) is 6.48 Å². The molecule has 4 saturated heterocycles. The van der Waals surface area contributed by atoms with E-state index in [0.29, 0.717) is 36.0 Å². The summed E-state index contributed by atoms with van der Waals surface area (Å²) in [6.07, 6.45) is 10.5. The van der Waals surface area contributed by atoms with Crippen molar-refractivity contribution >= 4 is 11.9 Å². The predicted octanol–water partition coefficient (Wildman–Crippen LogP) is 12.0. The van der Waals surface area contributed by atoms with Crippen molar-refractivity contribution in [2.45, 2.75) is 323 Å². The molecule has 90 heavy (non-hydrogen) atoms. The molecule has 14 rings (SSSR count). The van der Waals surface area contributed by atoms with Gasteiger partial charge in [-0.25, -0.2) is 4.79 Å². The van der Waals surface area contributed by atoms with Crippen LogP contribution in [-0.4, -0.2) is 158 Å². The molecule has 0 radical (unpaired) electrons. The van der Waals surface area contributed by atoms with Crippen LogP contribution >= 0.6 is 0 Å². The van der Waals surface area contributed by atoms with Gasteiger partial charge in [0.05, 0.1) is 54.2 Å². The predicted molar refractivity (Wildman–Crippen MR) is 348 cm³/mol. The molecule has 8 saturated carbocycles. The van der Waals surface area contributed by atoms with Crippen LogP contribution in [0.25, 0.3) is 0 Å². The normalized spacial score (nSPS) is 56.4. The highest BCUT2D eigenvalue weighted by atomic mass is 16.9. The number of hydrogen-bond acceptors (Lipinski definition) is 17. The number of allylic oxidation sites excluding steroid dienone is 2. The summed E-state index contributed by atoms with van der Waals surface area (Å²) in [4.78, 5) is 24.8. The number of fused-ring (bicyclic) bond motifs is 9. The van der Waals surface area contributed by atoms with Gasteiger partial charge < -0.3 is 73.6 Å². The molecule has 0 aromatic rings. The molecule has 5 aliphatic heterocycles. The highest BCUT2D eigenvalue weighted by molar-refractivity contribution is 5.85. The highest BCUT2D eigenvalue weighted by Crippen LogP contribution is 2.82. The fraction of sp³-hybridized carbons (Fsp3) is 0.917. The number of esters is 1. The van der Waals surface area contributed by atoms with Crippen LogP contribution in [0.15, 0.2) is 23.3 Å². The van der Waals surface area contributed by atoms with Crippen molar-refractivity contribution in [3.63, 3.8) is 0 Å². The quantitative estimate of drug-likeness (QED) is 0.0515. The number of hydrogen-bond donors (Lipinski definition) is 7. The van der Waals surface area contributed by atoms with E-state index in [2.05, 4.69) is 75.3 Å². The molecule has 0 bridgehead atoms. The molecule has 5 heterocycles. The number of cyclic esters (lactones) is 1. The Morgan fingerprint density at radius 2 is 1.32 bits per heavy atom. The molecular formula is C72H130O18. The SMILES string of the molecule is C.CC1OC(O[C@H]2C(C)OC(O[C@@H]3C(O)C[C@@H](OC4CC[C@@]5(C)C6CC[C@]7(C)C(C8=CC(=O)OC8)C(O)C[C@]78OC68CC[C@H]5C4)O[C@@H]3C)OC2O)CC(O)C1O.C[C@H]1[C@H](C)CC[C@]2(C(=O)O)CC[C@]3(C)C(=CC[C@@H]4[C@@]5(C)CC[C@H](O)C(C)(C)[C@]5(C)CC[C@]43C)[C@@H]12.[HH].[HH].[HH].[HH].[HH].[HH].[HH].[HH]. The van der Waals surface area contributed by atoms with Crippen molar-refractivity contribution in [3.05, 3.63) is 23.3 Å². The third kappa shape index (κ3) is 9.59. The number of rotatable bonds is 8. The molecule has 0 aromatic heterocycles. The minimum Gasteiger partial charge on any atom is -0.481 e. The monoisotopic (exact) mass is 1280 g/mol. The second kappa shape index (κ2) is 23.0. The topological polar surface area (TPSA) is 262 Å². The molecule has 9 aliphatic carbocycles. The molecule has 18 nitrogen and oxygen atoms in total. The van der Waals surface area contributed by atoms with E-state index in [0.717, 1.165) is 102 Å². The summed E-state index contributed by atoms with van der Waals surface area (Å²) < 4.78 is 54.1. The maximum atomic E-state index is 12.8. The lowest BCUT2D eigenvalue weighted by Crippen LogP contribution is -2.68. The summed E-state index contributed by atoms with van der Waals surface area (Å²) in [5, 5.41) is 75.2. The number of carbonyl (C=O) groups is 2. The van der Waals surface area contributed by atoms with Crippen molar-refractivity contribution in [1.29, 1.82) is 0 Å². The van der Waals surface area contributed by atoms with E-state index in [-0.39, 0.29) is 117 Å². The summed E-state index contributed by atoms with van der Waals surface area (Å²) in [6.45, 7) is 28.3. The Morgan fingerprint density at radius 1 is 0.633 bits per heavy atom. The largest absolute Gasteiger partial charge is 0.481 e. The van der Waals surface area contributed by atoms with Gasteiger partial charge in [0, 0.05) is 48.1 Å². The first kappa shape index (κ1) is 67.8. The summed E-state index contributed by atoms with van der Waals surface area (Å²) >= 11 is 0. The molecule has 12 fully saturated rings. The Labute approximate surface area is 547 Å². The van der Waals surface area contributed by atoms with E-state index in [1.807, 2.05) is 0 Å². The summed E-state index contributed by atoms with van der Waals surface area (Å²) in [5.41, 5.74) is 1.51. The number of aliphatic carboxylic acids is 1. The number of epoxide rings is 1. The van der Waals surface area contributed by atoms with Crippen LogP contribution in [0.5, 0.6) is 0 Å². The molecule has 18 heteroatoms. The van der Waals surface area contributed by atoms with Crippen LogP contribution in [0.2, 0.25) is 0 Å². The van der Waals surface area contributed by atoms with Gasteiger partial charge in [0.2, 0.25) is 0 Å². The Balaban J connectivity index is 0.000000416. The lowest BCUT2D eigenvalue weighted by atomic mass is 9.30. The Bertz CT molecular complexity index is 2800. The zero-order chi connectivity index (χ0) is 63.9. The van der Waals surface area contributed by atoms with E-state index >= 15 is 0 Å². The second-order valence-corrected chi connectivity index (χ2v) is 33.7. The minimum atomic E-state index is -1.44. The number of aliphatic hydroxyl groups is 6. The van der Waals surface area contributed by atoms with Gasteiger partial charge in [-0.05, 0) is 197 Å². The standard InChI is InChI=1S/C40H60O15.C31H50O3.CH4.8H2/c1-18-32(45)24(41)14-30(48-18)52-34-20(3)50-36(54-35(34)46)53-33-19(2)49-29(15-25(33)42)51-23-7-9-37(4)22(13-23)6-11-39-27(37)8-10-38(5)31(21-12-28(44)47-17-21)26(43)16-40(38,39)55-39;1-19-11-14-31(25(33)34)18-16-27(5)21(24(31)20(19)2)9-10-22-28(27,6)15-17-30(8)26(3,4)23(32)12-13-29(22,30)7;;;;;;;;;/h12,18-20,22-27,29-36,41-43,45-46H,6-11,13-17H2,1-5H3;9,19-20,22-24,32H,10-18H2,1-8H3,(H,33,34);1H4;8*1H/t18?,19-,20?,22+,23?,24?,25?,26?,27?,29-,30?,31?,32?,33+,34+,35?,36?,37-,38-,39?,40+;19-,20+,22+,23+,24-,27-,28-,29-,30+,31+;;;;;;;;;/m11........./s1. The van der Waals surface area contributed by atoms with Gasteiger partial charge in [-0.15, -0.1) is 0 Å². The number of ether oxygens (including phenoxy) is 9.